The van der Waals surface area contributed by atoms with Gasteiger partial charge in [0.15, 0.2) is 5.69 Å². The molecule has 1 aromatic heterocycles. The largest absolute Gasteiger partial charge is 0.480 e. The summed E-state index contributed by atoms with van der Waals surface area (Å²) in [6.07, 6.45) is 3.37. The van der Waals surface area contributed by atoms with Crippen molar-refractivity contribution in [2.45, 2.75) is 38.6 Å². The van der Waals surface area contributed by atoms with Crippen molar-refractivity contribution in [3.05, 3.63) is 47.0 Å². The molecule has 3 rings (SSSR count). The third-order valence-electron chi connectivity index (χ3n) is 4.17. The SMILES string of the molecule is C[C@@H](NC(=O)c1nn(-c2cccc(F)c2)c2c1CCCC2)C(=O)O. The number of halogens is 1. The van der Waals surface area contributed by atoms with Crippen molar-refractivity contribution in [1.82, 2.24) is 15.1 Å². The first-order valence-corrected chi connectivity index (χ1v) is 7.87. The molecule has 6 nitrogen and oxygen atoms in total. The number of aromatic nitrogens is 2. The minimum atomic E-state index is -1.11. The quantitative estimate of drug-likeness (QED) is 0.898. The van der Waals surface area contributed by atoms with Crippen molar-refractivity contribution in [3.63, 3.8) is 0 Å². The lowest BCUT2D eigenvalue weighted by Crippen LogP contribution is -2.39. The maximum absolute atomic E-state index is 13.5. The van der Waals surface area contributed by atoms with E-state index >= 15 is 0 Å². The minimum Gasteiger partial charge on any atom is -0.480 e. The Morgan fingerprint density at radius 3 is 2.79 bits per heavy atom. The van der Waals surface area contributed by atoms with Gasteiger partial charge in [-0.2, -0.15) is 5.10 Å². The van der Waals surface area contributed by atoms with Crippen LogP contribution in [0.2, 0.25) is 0 Å². The number of fused-ring (bicyclic) bond motifs is 1. The molecule has 0 saturated carbocycles. The number of carboxylic acids is 1. The van der Waals surface area contributed by atoms with Crippen LogP contribution in [-0.4, -0.2) is 32.8 Å². The fourth-order valence-corrected chi connectivity index (χ4v) is 2.93. The summed E-state index contributed by atoms with van der Waals surface area (Å²) in [6.45, 7) is 1.40. The number of hydrogen-bond acceptors (Lipinski definition) is 3. The first-order valence-electron chi connectivity index (χ1n) is 7.87. The predicted octanol–water partition coefficient (Wildman–Crippen LogP) is 2.09. The summed E-state index contributed by atoms with van der Waals surface area (Å²) in [4.78, 5) is 23.4. The molecule has 0 spiro atoms. The van der Waals surface area contributed by atoms with E-state index in [0.717, 1.165) is 30.5 Å². The number of benzene rings is 1. The van der Waals surface area contributed by atoms with Crippen LogP contribution in [0.4, 0.5) is 4.39 Å². The fraction of sp³-hybridized carbons (Fsp3) is 0.353. The third kappa shape index (κ3) is 3.02. The van der Waals surface area contributed by atoms with Gasteiger partial charge in [0.1, 0.15) is 11.9 Å². The average Bonchev–Trinajstić information content (AvgIpc) is 2.94. The minimum absolute atomic E-state index is 0.224. The van der Waals surface area contributed by atoms with Gasteiger partial charge in [-0.05, 0) is 50.8 Å². The van der Waals surface area contributed by atoms with Gasteiger partial charge in [0.2, 0.25) is 0 Å². The second kappa shape index (κ2) is 6.43. The van der Waals surface area contributed by atoms with E-state index in [1.165, 1.54) is 19.1 Å². The van der Waals surface area contributed by atoms with Crippen LogP contribution in [0.25, 0.3) is 5.69 Å². The zero-order valence-corrected chi connectivity index (χ0v) is 13.3. The van der Waals surface area contributed by atoms with Gasteiger partial charge in [0, 0.05) is 11.3 Å². The number of nitrogens with one attached hydrogen (secondary N) is 1. The van der Waals surface area contributed by atoms with Crippen LogP contribution >= 0.6 is 0 Å². The number of rotatable bonds is 4. The van der Waals surface area contributed by atoms with Crippen molar-refractivity contribution in [3.8, 4) is 5.69 Å². The number of carbonyl (C=O) groups excluding carboxylic acids is 1. The molecule has 0 saturated heterocycles. The summed E-state index contributed by atoms with van der Waals surface area (Å²) in [5, 5.41) is 15.7. The highest BCUT2D eigenvalue weighted by Gasteiger charge is 2.27. The highest BCUT2D eigenvalue weighted by atomic mass is 19.1. The maximum Gasteiger partial charge on any atom is 0.325 e. The Labute approximate surface area is 138 Å². The smallest absolute Gasteiger partial charge is 0.325 e. The summed E-state index contributed by atoms with van der Waals surface area (Å²) < 4.78 is 15.1. The van der Waals surface area contributed by atoms with Crippen molar-refractivity contribution < 1.29 is 19.1 Å². The number of aliphatic carboxylic acids is 1. The Balaban J connectivity index is 2.02. The van der Waals surface area contributed by atoms with Gasteiger partial charge in [-0.25, -0.2) is 9.07 Å². The Hall–Kier alpha value is -2.70. The standard InChI is InChI=1S/C17H18FN3O3/c1-10(17(23)24)19-16(22)15-13-7-2-3-8-14(13)21(20-15)12-6-4-5-11(18)9-12/h4-6,9-10H,2-3,7-8H2,1H3,(H,19,22)(H,23,24)/t10-/m1/s1. The predicted molar refractivity (Wildman–Crippen MR) is 84.7 cm³/mol. The number of amides is 1. The maximum atomic E-state index is 13.5. The van der Waals surface area contributed by atoms with Crippen LogP contribution in [0.5, 0.6) is 0 Å². The number of hydrogen-bond donors (Lipinski definition) is 2. The third-order valence-corrected chi connectivity index (χ3v) is 4.17. The fourth-order valence-electron chi connectivity index (χ4n) is 2.93. The summed E-state index contributed by atoms with van der Waals surface area (Å²) >= 11 is 0. The lowest BCUT2D eigenvalue weighted by molar-refractivity contribution is -0.138. The topological polar surface area (TPSA) is 84.2 Å². The first kappa shape index (κ1) is 16.2. The first-order chi connectivity index (χ1) is 11.5. The number of carboxylic acid groups (broad SMARTS) is 1. The molecule has 0 bridgehead atoms. The molecule has 1 aliphatic carbocycles. The second-order valence-electron chi connectivity index (χ2n) is 5.91. The summed E-state index contributed by atoms with van der Waals surface area (Å²) in [7, 11) is 0. The number of nitrogens with zero attached hydrogens (tertiary/aromatic N) is 2. The van der Waals surface area contributed by atoms with Gasteiger partial charge in [-0.1, -0.05) is 6.07 Å². The van der Waals surface area contributed by atoms with Crippen molar-refractivity contribution in [1.29, 1.82) is 0 Å². The summed E-state index contributed by atoms with van der Waals surface area (Å²) in [5.41, 5.74) is 2.49. The molecule has 0 unspecified atom stereocenters. The molecule has 24 heavy (non-hydrogen) atoms. The molecule has 1 aromatic carbocycles. The van der Waals surface area contributed by atoms with Gasteiger partial charge in [0.05, 0.1) is 5.69 Å². The monoisotopic (exact) mass is 331 g/mol. The molecule has 1 atom stereocenters. The molecular weight excluding hydrogens is 313 g/mol. The van der Waals surface area contributed by atoms with Crippen LogP contribution in [0.1, 0.15) is 41.5 Å². The van der Waals surface area contributed by atoms with Gasteiger partial charge < -0.3 is 10.4 Å². The molecular formula is C17H18FN3O3. The molecule has 2 N–H and O–H groups in total. The van der Waals surface area contributed by atoms with E-state index in [2.05, 4.69) is 10.4 Å². The lowest BCUT2D eigenvalue weighted by Gasteiger charge is -2.14. The van der Waals surface area contributed by atoms with Gasteiger partial charge in [-0.15, -0.1) is 0 Å². The van der Waals surface area contributed by atoms with Crippen molar-refractivity contribution in [2.75, 3.05) is 0 Å². The molecule has 1 heterocycles. The van der Waals surface area contributed by atoms with Crippen LogP contribution in [0.3, 0.4) is 0 Å². The van der Waals surface area contributed by atoms with E-state index in [1.807, 2.05) is 0 Å². The Morgan fingerprint density at radius 2 is 2.08 bits per heavy atom. The van der Waals surface area contributed by atoms with E-state index in [1.54, 1.807) is 16.8 Å². The van der Waals surface area contributed by atoms with Gasteiger partial charge >= 0.3 is 5.97 Å². The molecule has 126 valence electrons. The molecule has 1 aliphatic rings. The zero-order chi connectivity index (χ0) is 17.3. The van der Waals surface area contributed by atoms with Crippen LogP contribution in [0.15, 0.2) is 24.3 Å². The van der Waals surface area contributed by atoms with Crippen LogP contribution in [-0.2, 0) is 17.6 Å². The lowest BCUT2D eigenvalue weighted by atomic mass is 9.95. The second-order valence-corrected chi connectivity index (χ2v) is 5.91. The Morgan fingerprint density at radius 1 is 1.33 bits per heavy atom. The van der Waals surface area contributed by atoms with Gasteiger partial charge in [0.25, 0.3) is 5.91 Å². The highest BCUT2D eigenvalue weighted by Crippen LogP contribution is 2.27. The molecule has 0 radical (unpaired) electrons. The Bertz CT molecular complexity index is 800. The molecule has 1 amide bonds. The van der Waals surface area contributed by atoms with Gasteiger partial charge in [-0.3, -0.25) is 9.59 Å². The van der Waals surface area contributed by atoms with Crippen molar-refractivity contribution in [2.24, 2.45) is 0 Å². The summed E-state index contributed by atoms with van der Waals surface area (Å²) in [5.74, 6) is -2.00. The normalized spacial score (nSPS) is 14.8. The average molecular weight is 331 g/mol. The van der Waals surface area contributed by atoms with E-state index in [0.29, 0.717) is 12.1 Å². The number of carbonyl (C=O) groups is 2. The highest BCUT2D eigenvalue weighted by molar-refractivity contribution is 5.96. The van der Waals surface area contributed by atoms with Crippen LogP contribution in [0, 0.1) is 5.82 Å². The summed E-state index contributed by atoms with van der Waals surface area (Å²) in [6, 6.07) is 5.03. The Kier molecular flexibility index (Phi) is 4.33. The van der Waals surface area contributed by atoms with E-state index in [9.17, 15) is 14.0 Å². The van der Waals surface area contributed by atoms with Crippen molar-refractivity contribution >= 4 is 11.9 Å². The van der Waals surface area contributed by atoms with E-state index in [4.69, 9.17) is 5.11 Å². The molecule has 0 aliphatic heterocycles. The molecule has 7 heteroatoms. The zero-order valence-electron chi connectivity index (χ0n) is 13.3. The molecule has 0 fully saturated rings. The van der Waals surface area contributed by atoms with Crippen LogP contribution < -0.4 is 5.32 Å². The van der Waals surface area contributed by atoms with E-state index in [-0.39, 0.29) is 11.5 Å². The molecule has 2 aromatic rings. The van der Waals surface area contributed by atoms with E-state index < -0.39 is 17.9 Å².